The second kappa shape index (κ2) is 13.9. The summed E-state index contributed by atoms with van der Waals surface area (Å²) in [6.07, 6.45) is 2.20. The van der Waals surface area contributed by atoms with E-state index in [0.29, 0.717) is 0 Å². The van der Waals surface area contributed by atoms with Crippen LogP contribution in [0.5, 0.6) is 0 Å². The number of fused-ring (bicyclic) bond motifs is 6. The second-order valence-electron chi connectivity index (χ2n) is 24.2. The van der Waals surface area contributed by atoms with Crippen molar-refractivity contribution in [3.8, 4) is 11.1 Å². The van der Waals surface area contributed by atoms with Gasteiger partial charge in [0.2, 0.25) is 0 Å². The molecule has 0 bridgehead atoms. The van der Waals surface area contributed by atoms with Gasteiger partial charge < -0.3 is 14.2 Å². The fraction of sp³-hybridized carbons (Fsp3) is 0.404. The monoisotopic (exact) mass is 837 g/mol. The minimum absolute atomic E-state index is 0.0100. The fourth-order valence-corrected chi connectivity index (χ4v) is 11.5. The summed E-state index contributed by atoms with van der Waals surface area (Å²) in [6.45, 7) is 38.1. The van der Waals surface area contributed by atoms with Crippen molar-refractivity contribution in [2.24, 2.45) is 0 Å². The van der Waals surface area contributed by atoms with E-state index in [0.717, 1.165) is 24.3 Å². The molecule has 1 aromatic heterocycles. The fourth-order valence-electron chi connectivity index (χ4n) is 10.4. The molecule has 3 heterocycles. The average Bonchev–Trinajstić information content (AvgIpc) is 3.61. The van der Waals surface area contributed by atoms with Crippen molar-refractivity contribution in [1.82, 2.24) is 0 Å². The van der Waals surface area contributed by atoms with Crippen molar-refractivity contribution in [2.45, 2.75) is 150 Å². The summed E-state index contributed by atoms with van der Waals surface area (Å²) in [4.78, 5) is 5.26. The van der Waals surface area contributed by atoms with Crippen molar-refractivity contribution < 1.29 is 4.42 Å². The van der Waals surface area contributed by atoms with E-state index in [1.54, 1.807) is 0 Å². The van der Waals surface area contributed by atoms with E-state index in [-0.39, 0.29) is 33.8 Å². The first kappa shape index (κ1) is 42.6. The minimum Gasteiger partial charge on any atom is -0.472 e. The minimum atomic E-state index is -1.74. The number of rotatable bonds is 4. The third-order valence-electron chi connectivity index (χ3n) is 14.5. The summed E-state index contributed by atoms with van der Waals surface area (Å²) >= 11 is 0. The van der Waals surface area contributed by atoms with Crippen LogP contribution in [0.25, 0.3) is 11.1 Å². The van der Waals surface area contributed by atoms with Gasteiger partial charge in [0.25, 0.3) is 6.71 Å². The van der Waals surface area contributed by atoms with Gasteiger partial charge in [0, 0.05) is 39.3 Å². The van der Waals surface area contributed by atoms with Gasteiger partial charge in [-0.05, 0) is 110 Å². The topological polar surface area (TPSA) is 19.6 Å². The Balaban J connectivity index is 1.46. The molecule has 9 rings (SSSR count). The van der Waals surface area contributed by atoms with Crippen LogP contribution in [0.2, 0.25) is 19.6 Å². The lowest BCUT2D eigenvalue weighted by Crippen LogP contribution is -2.62. The van der Waals surface area contributed by atoms with Crippen LogP contribution in [0.4, 0.5) is 34.1 Å². The molecular formula is C57H69BN2OSi. The summed E-state index contributed by atoms with van der Waals surface area (Å²) < 4.78 is 7.68. The van der Waals surface area contributed by atoms with Crippen molar-refractivity contribution in [3.05, 3.63) is 131 Å². The molecule has 0 atom stereocenters. The number of hydrogen-bond acceptors (Lipinski definition) is 3. The molecule has 5 heteroatoms. The molecule has 0 N–H and O–H groups in total. The summed E-state index contributed by atoms with van der Waals surface area (Å²) in [6, 6.07) is 40.3. The van der Waals surface area contributed by atoms with Gasteiger partial charge in [-0.2, -0.15) is 0 Å². The first-order valence-electron chi connectivity index (χ1n) is 23.2. The molecule has 0 unspecified atom stereocenters. The zero-order valence-electron chi connectivity index (χ0n) is 40.6. The zero-order chi connectivity index (χ0) is 44.7. The zero-order valence-corrected chi connectivity index (χ0v) is 41.6. The van der Waals surface area contributed by atoms with E-state index in [1.807, 2.05) is 0 Å². The quantitative estimate of drug-likeness (QED) is 0.165. The van der Waals surface area contributed by atoms with Gasteiger partial charge in [0.05, 0.1) is 25.1 Å². The van der Waals surface area contributed by atoms with Crippen molar-refractivity contribution in [1.29, 1.82) is 0 Å². The molecule has 3 aliphatic rings. The lowest BCUT2D eigenvalue weighted by molar-refractivity contribution is 0.282. The molecule has 0 amide bonds. The van der Waals surface area contributed by atoms with Crippen LogP contribution < -0.4 is 31.6 Å². The molecule has 2 aliphatic heterocycles. The lowest BCUT2D eigenvalue weighted by Gasteiger charge is -2.45. The molecule has 5 aromatic carbocycles. The Kier molecular flexibility index (Phi) is 9.53. The van der Waals surface area contributed by atoms with E-state index < -0.39 is 8.07 Å². The second-order valence-corrected chi connectivity index (χ2v) is 29.3. The van der Waals surface area contributed by atoms with Gasteiger partial charge in [0.15, 0.2) is 0 Å². The molecular weight excluding hydrogens is 768 g/mol. The van der Waals surface area contributed by atoms with Gasteiger partial charge in [-0.3, -0.25) is 0 Å². The van der Waals surface area contributed by atoms with Crippen LogP contribution in [0.3, 0.4) is 0 Å². The number of furan rings is 1. The van der Waals surface area contributed by atoms with Gasteiger partial charge >= 0.3 is 0 Å². The van der Waals surface area contributed by atoms with E-state index in [1.165, 1.54) is 83.6 Å². The predicted octanol–water partition coefficient (Wildman–Crippen LogP) is 13.8. The Morgan fingerprint density at radius 1 is 0.565 bits per heavy atom. The molecule has 0 saturated heterocycles. The average molecular weight is 837 g/mol. The highest BCUT2D eigenvalue weighted by atomic mass is 28.3. The first-order chi connectivity index (χ1) is 28.8. The van der Waals surface area contributed by atoms with Gasteiger partial charge in [-0.1, -0.05) is 176 Å². The molecule has 0 fully saturated rings. The largest absolute Gasteiger partial charge is 0.472 e. The third-order valence-corrected chi connectivity index (χ3v) is 16.5. The van der Waals surface area contributed by atoms with Crippen LogP contribution in [-0.4, -0.2) is 14.8 Å². The molecule has 62 heavy (non-hydrogen) atoms. The molecule has 1 aliphatic carbocycles. The highest BCUT2D eigenvalue weighted by Gasteiger charge is 2.53. The number of hydrogen-bond donors (Lipinski definition) is 0. The number of anilines is 6. The molecule has 320 valence electrons. The molecule has 0 radical (unpaired) electrons. The van der Waals surface area contributed by atoms with Crippen molar-refractivity contribution in [2.75, 3.05) is 9.80 Å². The Bertz CT molecular complexity index is 2730. The van der Waals surface area contributed by atoms with Crippen LogP contribution in [0, 0.1) is 0 Å². The van der Waals surface area contributed by atoms with Gasteiger partial charge in [-0.15, -0.1) is 0 Å². The summed E-state index contributed by atoms with van der Waals surface area (Å²) in [5.41, 5.74) is 18.7. The predicted molar refractivity (Wildman–Crippen MR) is 273 cm³/mol. The SMILES string of the molecule is CC(C)(C)c1ccc(N2c3cc(C(C)(C)C)cc4c3B(c3cc([Si](C)(C)C)ccc3N4c3ccc(C(C)(C)C)cc3-c3ccccc3)c3oc4c(c32)C(C)(C)CCC4(C)C)cc1. The number of benzene rings is 5. The molecule has 0 spiro atoms. The van der Waals surface area contributed by atoms with Gasteiger partial charge in [-0.25, -0.2) is 0 Å². The maximum absolute atomic E-state index is 7.68. The Hall–Kier alpha value is -4.74. The van der Waals surface area contributed by atoms with Gasteiger partial charge in [0.1, 0.15) is 5.76 Å². The molecule has 0 saturated carbocycles. The lowest BCUT2D eigenvalue weighted by atomic mass is 9.35. The highest BCUT2D eigenvalue weighted by Crippen LogP contribution is 2.55. The van der Waals surface area contributed by atoms with E-state index >= 15 is 0 Å². The van der Waals surface area contributed by atoms with E-state index in [9.17, 15) is 0 Å². The summed E-state index contributed by atoms with van der Waals surface area (Å²) in [5.74, 6) is 1.16. The summed E-state index contributed by atoms with van der Waals surface area (Å²) in [5, 5.41) is 1.47. The Morgan fingerprint density at radius 2 is 1.13 bits per heavy atom. The van der Waals surface area contributed by atoms with Crippen LogP contribution in [-0.2, 0) is 27.1 Å². The van der Waals surface area contributed by atoms with Crippen molar-refractivity contribution >= 4 is 70.7 Å². The molecule has 3 nitrogen and oxygen atoms in total. The van der Waals surface area contributed by atoms with Crippen LogP contribution >= 0.6 is 0 Å². The first-order valence-corrected chi connectivity index (χ1v) is 26.7. The van der Waals surface area contributed by atoms with Crippen LogP contribution in [0.1, 0.15) is 131 Å². The standard InChI is InChI=1S/C57H69BN2OSi/c1-53(2,3)37-22-25-40(26-23-37)59-46-33-39(55(7,8)9)34-47-49(46)58(52-50(59)48-51(61-52)57(12,13)31-30-56(48,10)11)43-35-41(62(14,15)16)27-29-45(43)60(47)44-28-24-38(54(4,5)6)32-42(44)36-20-18-17-19-21-36/h17-29,32-35H,30-31H2,1-16H3. The maximum atomic E-state index is 7.68. The Labute approximate surface area is 375 Å². The van der Waals surface area contributed by atoms with E-state index in [2.05, 4.69) is 223 Å². The normalized spacial score (nSPS) is 16.7. The van der Waals surface area contributed by atoms with Crippen LogP contribution in [0.15, 0.2) is 108 Å². The number of nitrogens with zero attached hydrogens (tertiary/aromatic N) is 2. The summed E-state index contributed by atoms with van der Waals surface area (Å²) in [7, 11) is -1.74. The Morgan fingerprint density at radius 3 is 1.73 bits per heavy atom. The van der Waals surface area contributed by atoms with Crippen molar-refractivity contribution in [3.63, 3.8) is 0 Å². The maximum Gasteiger partial charge on any atom is 0.297 e. The molecule has 6 aromatic rings. The highest BCUT2D eigenvalue weighted by molar-refractivity contribution is 7.00. The smallest absolute Gasteiger partial charge is 0.297 e. The third kappa shape index (κ3) is 6.84. The van der Waals surface area contributed by atoms with E-state index in [4.69, 9.17) is 4.42 Å².